The summed E-state index contributed by atoms with van der Waals surface area (Å²) in [6, 6.07) is 12.8. The largest absolute Gasteiger partial charge is 0.493 e. The highest BCUT2D eigenvalue weighted by Gasteiger charge is 2.33. The molecule has 0 amide bonds. The van der Waals surface area contributed by atoms with Crippen LogP contribution in [0.4, 0.5) is 0 Å². The molecule has 0 bridgehead atoms. The number of carbonyl (C=O) groups is 2. The summed E-state index contributed by atoms with van der Waals surface area (Å²) in [7, 11) is 0. The fraction of sp³-hybridized carbons (Fsp3) is 0.464. The first-order valence-corrected chi connectivity index (χ1v) is 12.7. The Morgan fingerprint density at radius 2 is 1.83 bits per heavy atom. The fourth-order valence-electron chi connectivity index (χ4n) is 5.15. The zero-order valence-corrected chi connectivity index (χ0v) is 20.6. The smallest absolute Gasteiger partial charge is 0.306 e. The molecule has 8 nitrogen and oxygen atoms in total. The van der Waals surface area contributed by atoms with Crippen molar-refractivity contribution in [3.8, 4) is 5.75 Å². The lowest BCUT2D eigenvalue weighted by molar-refractivity contribution is -0.143. The van der Waals surface area contributed by atoms with Crippen molar-refractivity contribution in [1.29, 1.82) is 0 Å². The van der Waals surface area contributed by atoms with Gasteiger partial charge in [0.05, 0.1) is 24.5 Å². The molecule has 8 heteroatoms. The van der Waals surface area contributed by atoms with Gasteiger partial charge in [0.2, 0.25) is 0 Å². The summed E-state index contributed by atoms with van der Waals surface area (Å²) in [5.74, 6) is 0.391. The molecule has 5 rings (SSSR count). The maximum atomic E-state index is 12.5. The van der Waals surface area contributed by atoms with Gasteiger partial charge in [-0.25, -0.2) is 4.68 Å². The number of carboxylic acid groups (broad SMARTS) is 1. The molecule has 0 radical (unpaired) electrons. The van der Waals surface area contributed by atoms with Crippen molar-refractivity contribution in [2.45, 2.75) is 58.4 Å². The zero-order chi connectivity index (χ0) is 25.5. The maximum absolute atomic E-state index is 12.5. The number of carbonyl (C=O) groups excluding carboxylic acids is 1. The van der Waals surface area contributed by atoms with E-state index in [0.29, 0.717) is 29.4 Å². The van der Waals surface area contributed by atoms with E-state index in [4.69, 9.17) is 4.74 Å². The van der Waals surface area contributed by atoms with Gasteiger partial charge in [-0.15, -0.1) is 5.10 Å². The Balaban J connectivity index is 0.000000179. The second kappa shape index (κ2) is 11.9. The molecule has 2 aliphatic carbocycles. The highest BCUT2D eigenvalue weighted by atomic mass is 16.5. The molecule has 1 heterocycles. The van der Waals surface area contributed by atoms with E-state index in [1.807, 2.05) is 25.1 Å². The summed E-state index contributed by atoms with van der Waals surface area (Å²) in [4.78, 5) is 34.1. The monoisotopic (exact) mass is 491 g/mol. The summed E-state index contributed by atoms with van der Waals surface area (Å²) in [6.45, 7) is 3.06. The molecule has 1 N–H and O–H groups in total. The number of aromatic nitrogens is 3. The van der Waals surface area contributed by atoms with Crippen molar-refractivity contribution in [2.75, 3.05) is 6.61 Å². The molecule has 2 aromatic carbocycles. The normalized spacial score (nSPS) is 19.6. The molecule has 0 aliphatic heterocycles. The van der Waals surface area contributed by atoms with Crippen molar-refractivity contribution >= 4 is 23.2 Å². The quantitative estimate of drug-likeness (QED) is 0.478. The van der Waals surface area contributed by atoms with Gasteiger partial charge >= 0.3 is 5.97 Å². The fourth-order valence-corrected chi connectivity index (χ4v) is 5.15. The van der Waals surface area contributed by atoms with E-state index < -0.39 is 5.97 Å². The number of nitrogens with zero attached hydrogens (tertiary/aromatic N) is 3. The van der Waals surface area contributed by atoms with Gasteiger partial charge in [-0.05, 0) is 80.8 Å². The Labute approximate surface area is 210 Å². The van der Waals surface area contributed by atoms with Crippen LogP contribution in [0.3, 0.4) is 0 Å². The Morgan fingerprint density at radius 1 is 1.08 bits per heavy atom. The van der Waals surface area contributed by atoms with Gasteiger partial charge in [0.1, 0.15) is 17.6 Å². The van der Waals surface area contributed by atoms with E-state index in [-0.39, 0.29) is 17.4 Å². The van der Waals surface area contributed by atoms with E-state index in [9.17, 15) is 19.5 Å². The van der Waals surface area contributed by atoms with Crippen LogP contribution in [0, 0.1) is 24.7 Å². The van der Waals surface area contributed by atoms with Crippen LogP contribution < -0.4 is 10.3 Å². The summed E-state index contributed by atoms with van der Waals surface area (Å²) < 4.78 is 6.99. The maximum Gasteiger partial charge on any atom is 0.306 e. The lowest BCUT2D eigenvalue weighted by Gasteiger charge is -2.15. The summed E-state index contributed by atoms with van der Waals surface area (Å²) in [5, 5.41) is 17.8. The number of aldehydes is 1. The predicted octanol–water partition coefficient (Wildman–Crippen LogP) is 4.67. The molecule has 1 aromatic heterocycles. The van der Waals surface area contributed by atoms with Gasteiger partial charge in [0.15, 0.2) is 0 Å². The first-order valence-electron chi connectivity index (χ1n) is 12.7. The Hall–Kier alpha value is -3.55. The molecule has 3 aromatic rings. The molecule has 2 aliphatic rings. The van der Waals surface area contributed by atoms with Crippen LogP contribution in [0.15, 0.2) is 47.3 Å². The third-order valence-electron chi connectivity index (χ3n) is 7.24. The molecular formula is C28H33N3O5. The van der Waals surface area contributed by atoms with E-state index in [1.165, 1.54) is 30.4 Å². The van der Waals surface area contributed by atoms with Crippen molar-refractivity contribution in [2.24, 2.45) is 17.8 Å². The van der Waals surface area contributed by atoms with Crippen LogP contribution in [0.1, 0.15) is 60.9 Å². The van der Waals surface area contributed by atoms with E-state index in [1.54, 1.807) is 24.3 Å². The first-order chi connectivity index (χ1) is 17.4. The number of rotatable bonds is 7. The van der Waals surface area contributed by atoms with Crippen LogP contribution in [0.25, 0.3) is 10.9 Å². The van der Waals surface area contributed by atoms with E-state index >= 15 is 0 Å². The summed E-state index contributed by atoms with van der Waals surface area (Å²) >= 11 is 0. The number of aryl methyl sites for hydroxylation is 1. The second-order valence-corrected chi connectivity index (χ2v) is 9.88. The minimum atomic E-state index is -0.782. The van der Waals surface area contributed by atoms with Crippen molar-refractivity contribution < 1.29 is 19.4 Å². The number of hydrogen-bond acceptors (Lipinski definition) is 6. The van der Waals surface area contributed by atoms with Crippen LogP contribution >= 0.6 is 0 Å². The van der Waals surface area contributed by atoms with Gasteiger partial charge in [-0.1, -0.05) is 36.1 Å². The van der Waals surface area contributed by atoms with E-state index in [0.717, 1.165) is 43.0 Å². The molecule has 0 spiro atoms. The predicted molar refractivity (Wildman–Crippen MR) is 136 cm³/mol. The highest BCUT2D eigenvalue weighted by molar-refractivity contribution is 5.77. The molecule has 2 atom stereocenters. The van der Waals surface area contributed by atoms with Gasteiger partial charge < -0.3 is 9.84 Å². The third kappa shape index (κ3) is 6.36. The number of aliphatic carboxylic acids is 1. The topological polar surface area (TPSA) is 111 Å². The lowest BCUT2D eigenvalue weighted by atomic mass is 9.96. The minimum absolute atomic E-state index is 0.0447. The average molecular weight is 492 g/mol. The number of fused-ring (bicyclic) bond motifs is 1. The zero-order valence-electron chi connectivity index (χ0n) is 20.6. The summed E-state index contributed by atoms with van der Waals surface area (Å²) in [6.07, 6.45) is 8.51. The first kappa shape index (κ1) is 25.5. The van der Waals surface area contributed by atoms with Crippen molar-refractivity contribution in [3.05, 3.63) is 63.9 Å². The van der Waals surface area contributed by atoms with Crippen LogP contribution in [-0.4, -0.2) is 39.0 Å². The van der Waals surface area contributed by atoms with Crippen molar-refractivity contribution in [1.82, 2.24) is 15.0 Å². The summed E-state index contributed by atoms with van der Waals surface area (Å²) in [5.41, 5.74) is 2.06. The molecule has 0 unspecified atom stereocenters. The second-order valence-electron chi connectivity index (χ2n) is 9.88. The minimum Gasteiger partial charge on any atom is -0.493 e. The Morgan fingerprint density at radius 3 is 2.53 bits per heavy atom. The van der Waals surface area contributed by atoms with Crippen LogP contribution in [-0.2, 0) is 11.3 Å². The van der Waals surface area contributed by atoms with E-state index in [2.05, 4.69) is 10.3 Å². The Kier molecular flexibility index (Phi) is 8.46. The van der Waals surface area contributed by atoms with Crippen molar-refractivity contribution in [3.63, 3.8) is 0 Å². The Bertz CT molecular complexity index is 1250. The molecule has 2 fully saturated rings. The van der Waals surface area contributed by atoms with Gasteiger partial charge in [-0.3, -0.25) is 14.4 Å². The molecule has 36 heavy (non-hydrogen) atoms. The molecule has 2 saturated carbocycles. The molecular weight excluding hydrogens is 458 g/mol. The van der Waals surface area contributed by atoms with Gasteiger partial charge in [0, 0.05) is 5.56 Å². The standard InChI is InChI=1S/C15H17N3O3.C13H16O2/c1-9-5-6-13-12(7-9)14(19)18(17-16-13)8-10-3-2-4-11(10)15(20)21;14-9-11-5-7-13(8-6-11)15-10-12-3-1-2-4-12/h5-7,10-11H,2-4,8H2,1H3,(H,20,21);5-9,12H,1-4,10H2/t10-,11+;/m0./s1. The van der Waals surface area contributed by atoms with Crippen LogP contribution in [0.2, 0.25) is 0 Å². The number of hydrogen-bond donors (Lipinski definition) is 1. The average Bonchev–Trinajstić information content (AvgIpc) is 3.58. The highest BCUT2D eigenvalue weighted by Crippen LogP contribution is 2.32. The van der Waals surface area contributed by atoms with Crippen LogP contribution in [0.5, 0.6) is 5.75 Å². The van der Waals surface area contributed by atoms with Gasteiger partial charge in [0.25, 0.3) is 5.56 Å². The van der Waals surface area contributed by atoms with Gasteiger partial charge in [-0.2, -0.15) is 0 Å². The third-order valence-corrected chi connectivity index (χ3v) is 7.24. The number of ether oxygens (including phenoxy) is 1. The lowest BCUT2D eigenvalue weighted by Crippen LogP contribution is -2.30. The SMILES string of the molecule is Cc1ccc2nnn(C[C@@H]3CCC[C@H]3C(=O)O)c(=O)c2c1.O=Cc1ccc(OCC2CCCC2)cc1. The number of carboxylic acids is 1. The number of benzene rings is 2. The molecule has 0 saturated heterocycles. The molecule has 190 valence electrons.